The Hall–Kier alpha value is -3.35. The van der Waals surface area contributed by atoms with Crippen LogP contribution in [0.3, 0.4) is 0 Å². The molecule has 1 N–H and O–H groups in total. The Labute approximate surface area is 143 Å². The first kappa shape index (κ1) is 15.2. The number of hydrogen-bond donors (Lipinski definition) is 1. The largest absolute Gasteiger partial charge is 0.486 e. The molecule has 25 heavy (non-hydrogen) atoms. The number of rotatable bonds is 4. The Morgan fingerprint density at radius 3 is 2.84 bits per heavy atom. The number of nitro benzene ring substituents is 1. The summed E-state index contributed by atoms with van der Waals surface area (Å²) in [4.78, 5) is 14.8. The second kappa shape index (κ2) is 6.27. The summed E-state index contributed by atoms with van der Waals surface area (Å²) < 4.78 is 11.6. The average Bonchev–Trinajstić information content (AvgIpc) is 2.65. The van der Waals surface area contributed by atoms with E-state index in [1.807, 2.05) is 24.3 Å². The van der Waals surface area contributed by atoms with Gasteiger partial charge in [0.05, 0.1) is 16.9 Å². The first-order chi connectivity index (χ1) is 12.2. The number of nitrogens with zero attached hydrogens (tertiary/aromatic N) is 2. The summed E-state index contributed by atoms with van der Waals surface area (Å²) in [6, 6.07) is 12.5. The van der Waals surface area contributed by atoms with Gasteiger partial charge in [0.25, 0.3) is 5.69 Å². The lowest BCUT2D eigenvalue weighted by molar-refractivity contribution is -0.383. The molecule has 3 aromatic rings. The molecular weight excluding hydrogens is 322 g/mol. The fourth-order valence-electron chi connectivity index (χ4n) is 2.88. The number of anilines is 1. The van der Waals surface area contributed by atoms with Crippen LogP contribution in [0.25, 0.3) is 10.8 Å². The zero-order chi connectivity index (χ0) is 17.2. The molecule has 1 atom stereocenters. The van der Waals surface area contributed by atoms with Crippen LogP contribution < -0.4 is 14.8 Å². The van der Waals surface area contributed by atoms with Gasteiger partial charge in [-0.1, -0.05) is 12.1 Å². The van der Waals surface area contributed by atoms with Gasteiger partial charge in [0, 0.05) is 29.5 Å². The van der Waals surface area contributed by atoms with Crippen molar-refractivity contribution in [1.82, 2.24) is 4.98 Å². The molecule has 4 rings (SSSR count). The summed E-state index contributed by atoms with van der Waals surface area (Å²) in [5.41, 5.74) is 0.838. The van der Waals surface area contributed by atoms with Gasteiger partial charge in [-0.3, -0.25) is 15.1 Å². The van der Waals surface area contributed by atoms with Gasteiger partial charge in [-0.15, -0.1) is 0 Å². The molecule has 0 unspecified atom stereocenters. The maximum absolute atomic E-state index is 11.2. The van der Waals surface area contributed by atoms with E-state index in [4.69, 9.17) is 9.47 Å². The molecule has 0 saturated carbocycles. The third-order valence-electron chi connectivity index (χ3n) is 4.08. The van der Waals surface area contributed by atoms with Crippen molar-refractivity contribution in [3.8, 4) is 11.5 Å². The van der Waals surface area contributed by atoms with Crippen LogP contribution in [0, 0.1) is 10.1 Å². The Bertz CT molecular complexity index is 945. The minimum absolute atomic E-state index is 0.0415. The Morgan fingerprint density at radius 2 is 2.00 bits per heavy atom. The molecule has 7 nitrogen and oxygen atoms in total. The third-order valence-corrected chi connectivity index (χ3v) is 4.08. The molecule has 0 aliphatic carbocycles. The topological polar surface area (TPSA) is 86.5 Å². The molecule has 0 bridgehead atoms. The van der Waals surface area contributed by atoms with Gasteiger partial charge >= 0.3 is 0 Å². The van der Waals surface area contributed by atoms with E-state index in [1.165, 1.54) is 12.3 Å². The van der Waals surface area contributed by atoms with E-state index in [0.29, 0.717) is 18.5 Å². The second-order valence-corrected chi connectivity index (χ2v) is 5.69. The molecule has 2 aromatic carbocycles. The molecule has 7 heteroatoms. The first-order valence-corrected chi connectivity index (χ1v) is 7.86. The number of ether oxygens (including phenoxy) is 2. The highest BCUT2D eigenvalue weighted by atomic mass is 16.6. The van der Waals surface area contributed by atoms with Gasteiger partial charge in [-0.05, 0) is 24.3 Å². The smallest absolute Gasteiger partial charge is 0.278 e. The molecule has 0 saturated heterocycles. The molecule has 1 aliphatic heterocycles. The Balaban J connectivity index is 1.54. The minimum Gasteiger partial charge on any atom is -0.486 e. The lowest BCUT2D eigenvalue weighted by Gasteiger charge is -2.27. The summed E-state index contributed by atoms with van der Waals surface area (Å²) in [6.07, 6.45) is 2.98. The first-order valence-electron chi connectivity index (χ1n) is 7.86. The van der Waals surface area contributed by atoms with Gasteiger partial charge in [0.2, 0.25) is 0 Å². The number of nitrogens with one attached hydrogen (secondary N) is 1. The summed E-state index contributed by atoms with van der Waals surface area (Å²) in [5.74, 6) is 1.46. The zero-order valence-corrected chi connectivity index (χ0v) is 13.2. The predicted octanol–water partition coefficient (Wildman–Crippen LogP) is 3.39. The standard InChI is InChI=1S/C18H15N3O4/c22-21(23)16-6-5-15(13-7-8-19-10-14(13)16)20-9-12-11-24-17-3-1-2-4-18(17)25-12/h1-8,10,12,20H,9,11H2/t12-/m0/s1. The van der Waals surface area contributed by atoms with Crippen molar-refractivity contribution in [2.75, 3.05) is 18.5 Å². The van der Waals surface area contributed by atoms with E-state index in [0.717, 1.165) is 22.6 Å². The van der Waals surface area contributed by atoms with Crippen molar-refractivity contribution in [2.45, 2.75) is 6.10 Å². The molecule has 0 amide bonds. The molecular formula is C18H15N3O4. The maximum atomic E-state index is 11.2. The van der Waals surface area contributed by atoms with Crippen LogP contribution >= 0.6 is 0 Å². The SMILES string of the molecule is O=[N+]([O-])c1ccc(NC[C@H]2COc3ccccc3O2)c2ccncc12. The predicted molar refractivity (Wildman–Crippen MR) is 93.2 cm³/mol. The van der Waals surface area contributed by atoms with Crippen LogP contribution in [-0.2, 0) is 0 Å². The van der Waals surface area contributed by atoms with Crippen molar-refractivity contribution in [3.63, 3.8) is 0 Å². The number of pyridine rings is 1. The van der Waals surface area contributed by atoms with Crippen molar-refractivity contribution in [3.05, 3.63) is 65.0 Å². The van der Waals surface area contributed by atoms with Gasteiger partial charge in [0.15, 0.2) is 11.5 Å². The number of para-hydroxylation sites is 2. The van der Waals surface area contributed by atoms with Crippen LogP contribution in [0.5, 0.6) is 11.5 Å². The highest BCUT2D eigenvalue weighted by molar-refractivity contribution is 5.99. The Kier molecular flexibility index (Phi) is 3.81. The van der Waals surface area contributed by atoms with Gasteiger partial charge in [-0.25, -0.2) is 0 Å². The van der Waals surface area contributed by atoms with Crippen molar-refractivity contribution >= 4 is 22.1 Å². The molecule has 2 heterocycles. The minimum atomic E-state index is -0.400. The van der Waals surface area contributed by atoms with Crippen LogP contribution in [-0.4, -0.2) is 29.2 Å². The molecule has 1 aliphatic rings. The lowest BCUT2D eigenvalue weighted by Crippen LogP contribution is -2.35. The summed E-state index contributed by atoms with van der Waals surface area (Å²) in [6.45, 7) is 0.958. The van der Waals surface area contributed by atoms with Gasteiger partial charge in [0.1, 0.15) is 12.7 Å². The van der Waals surface area contributed by atoms with Crippen LogP contribution in [0.15, 0.2) is 54.9 Å². The summed E-state index contributed by atoms with van der Waals surface area (Å²) in [7, 11) is 0. The third kappa shape index (κ3) is 2.91. The number of nitro groups is 1. The quantitative estimate of drug-likeness (QED) is 0.580. The number of aromatic nitrogens is 1. The normalized spacial score (nSPS) is 15.8. The van der Waals surface area contributed by atoms with Crippen molar-refractivity contribution in [2.24, 2.45) is 0 Å². The fraction of sp³-hybridized carbons (Fsp3) is 0.167. The second-order valence-electron chi connectivity index (χ2n) is 5.69. The molecule has 126 valence electrons. The lowest BCUT2D eigenvalue weighted by atomic mass is 10.1. The van der Waals surface area contributed by atoms with Gasteiger partial charge < -0.3 is 14.8 Å². The van der Waals surface area contributed by atoms with Crippen LogP contribution in [0.1, 0.15) is 0 Å². The van der Waals surface area contributed by atoms with E-state index >= 15 is 0 Å². The van der Waals surface area contributed by atoms with Crippen molar-refractivity contribution in [1.29, 1.82) is 0 Å². The molecule has 1 aromatic heterocycles. The monoisotopic (exact) mass is 337 g/mol. The maximum Gasteiger partial charge on any atom is 0.278 e. The number of non-ortho nitro benzene ring substituents is 1. The highest BCUT2D eigenvalue weighted by Crippen LogP contribution is 2.32. The van der Waals surface area contributed by atoms with Gasteiger partial charge in [-0.2, -0.15) is 0 Å². The van der Waals surface area contributed by atoms with E-state index in [-0.39, 0.29) is 11.8 Å². The number of fused-ring (bicyclic) bond motifs is 2. The molecule has 0 radical (unpaired) electrons. The average molecular weight is 337 g/mol. The fourth-order valence-corrected chi connectivity index (χ4v) is 2.88. The highest BCUT2D eigenvalue weighted by Gasteiger charge is 2.21. The van der Waals surface area contributed by atoms with E-state index in [2.05, 4.69) is 10.3 Å². The van der Waals surface area contributed by atoms with Crippen LogP contribution in [0.2, 0.25) is 0 Å². The number of hydrogen-bond acceptors (Lipinski definition) is 6. The summed E-state index contributed by atoms with van der Waals surface area (Å²) >= 11 is 0. The molecule has 0 spiro atoms. The zero-order valence-electron chi connectivity index (χ0n) is 13.2. The summed E-state index contributed by atoms with van der Waals surface area (Å²) in [5, 5.41) is 15.7. The Morgan fingerprint density at radius 1 is 1.16 bits per heavy atom. The molecule has 0 fully saturated rings. The van der Waals surface area contributed by atoms with E-state index in [9.17, 15) is 10.1 Å². The van der Waals surface area contributed by atoms with Crippen LogP contribution in [0.4, 0.5) is 11.4 Å². The van der Waals surface area contributed by atoms with E-state index in [1.54, 1.807) is 18.3 Å². The number of benzene rings is 2. The van der Waals surface area contributed by atoms with E-state index < -0.39 is 4.92 Å². The van der Waals surface area contributed by atoms with Crippen molar-refractivity contribution < 1.29 is 14.4 Å².